The Morgan fingerprint density at radius 2 is 1.79 bits per heavy atom. The van der Waals surface area contributed by atoms with Gasteiger partial charge < -0.3 is 11.1 Å². The van der Waals surface area contributed by atoms with Gasteiger partial charge in [-0.25, -0.2) is 0 Å². The number of nitrogens with one attached hydrogen (secondary N) is 1. The second-order valence-corrected chi connectivity index (χ2v) is 6.44. The van der Waals surface area contributed by atoms with Crippen LogP contribution in [0.1, 0.15) is 41.6 Å². The Morgan fingerprint density at radius 3 is 2.54 bits per heavy atom. The molecule has 0 aromatic heterocycles. The first-order chi connectivity index (χ1) is 11.2. The standard InChI is InChI=1S/C20H24N2O.ClH/c21-18-11-6-10-17(14-18)20(23)22-19-12-5-4-9-16(19)13-15-7-2-1-3-8-15;/h1-3,6-8,10-11,14,16,19H,4-5,9,12-13,21H2,(H,22,23);1H. The fraction of sp³-hybridized carbons (Fsp3) is 0.350. The maximum Gasteiger partial charge on any atom is 0.251 e. The first-order valence-electron chi connectivity index (χ1n) is 8.43. The molecule has 128 valence electrons. The van der Waals surface area contributed by atoms with Gasteiger partial charge in [-0.15, -0.1) is 12.4 Å². The predicted molar refractivity (Wildman–Crippen MR) is 101 cm³/mol. The largest absolute Gasteiger partial charge is 0.399 e. The van der Waals surface area contributed by atoms with Crippen molar-refractivity contribution in [3.05, 3.63) is 65.7 Å². The van der Waals surface area contributed by atoms with Crippen LogP contribution in [0.3, 0.4) is 0 Å². The number of nitrogen functional groups attached to an aromatic ring is 1. The Kier molecular flexibility index (Phi) is 6.68. The molecule has 2 unspecified atom stereocenters. The van der Waals surface area contributed by atoms with E-state index >= 15 is 0 Å². The Labute approximate surface area is 150 Å². The van der Waals surface area contributed by atoms with E-state index in [1.807, 2.05) is 18.2 Å². The number of carbonyl (C=O) groups is 1. The Morgan fingerprint density at radius 1 is 1.04 bits per heavy atom. The van der Waals surface area contributed by atoms with E-state index in [1.165, 1.54) is 24.8 Å². The lowest BCUT2D eigenvalue weighted by Crippen LogP contribution is -2.42. The van der Waals surface area contributed by atoms with Gasteiger partial charge in [-0.3, -0.25) is 4.79 Å². The lowest BCUT2D eigenvalue weighted by atomic mass is 9.80. The minimum atomic E-state index is -0.0118. The van der Waals surface area contributed by atoms with Gasteiger partial charge in [0.25, 0.3) is 5.91 Å². The molecule has 1 aliphatic carbocycles. The number of carbonyl (C=O) groups excluding carboxylic acids is 1. The highest BCUT2D eigenvalue weighted by Gasteiger charge is 2.26. The maximum absolute atomic E-state index is 12.5. The Balaban J connectivity index is 0.00000208. The van der Waals surface area contributed by atoms with E-state index in [9.17, 15) is 4.79 Å². The maximum atomic E-state index is 12.5. The Hall–Kier alpha value is -2.00. The molecular weight excluding hydrogens is 320 g/mol. The topological polar surface area (TPSA) is 55.1 Å². The normalized spacial score (nSPS) is 20.0. The number of rotatable bonds is 4. The van der Waals surface area contributed by atoms with Crippen LogP contribution >= 0.6 is 12.4 Å². The summed E-state index contributed by atoms with van der Waals surface area (Å²) >= 11 is 0. The van der Waals surface area contributed by atoms with Gasteiger partial charge in [-0.1, -0.05) is 49.2 Å². The average molecular weight is 345 g/mol. The summed E-state index contributed by atoms with van der Waals surface area (Å²) in [5, 5.41) is 3.24. The summed E-state index contributed by atoms with van der Waals surface area (Å²) in [5.74, 6) is 0.499. The van der Waals surface area contributed by atoms with E-state index in [0.717, 1.165) is 12.8 Å². The molecule has 1 fully saturated rings. The molecular formula is C20H25ClN2O. The number of amides is 1. The summed E-state index contributed by atoms with van der Waals surface area (Å²) in [6, 6.07) is 18.0. The van der Waals surface area contributed by atoms with Crippen molar-refractivity contribution in [2.24, 2.45) is 5.92 Å². The van der Waals surface area contributed by atoms with Gasteiger partial charge in [0.1, 0.15) is 0 Å². The summed E-state index contributed by atoms with van der Waals surface area (Å²) in [6.07, 6.45) is 5.71. The first-order valence-corrected chi connectivity index (χ1v) is 8.43. The molecule has 3 rings (SSSR count). The number of halogens is 1. The van der Waals surface area contributed by atoms with Crippen LogP contribution in [0.2, 0.25) is 0 Å². The SMILES string of the molecule is Cl.Nc1cccc(C(=O)NC2CCCCC2Cc2ccccc2)c1. The minimum absolute atomic E-state index is 0. The molecule has 2 aromatic rings. The zero-order chi connectivity index (χ0) is 16.1. The number of hydrogen-bond acceptors (Lipinski definition) is 2. The van der Waals surface area contributed by atoms with Gasteiger partial charge in [0, 0.05) is 17.3 Å². The van der Waals surface area contributed by atoms with Crippen molar-refractivity contribution in [3.63, 3.8) is 0 Å². The molecule has 2 atom stereocenters. The van der Waals surface area contributed by atoms with Crippen molar-refractivity contribution in [3.8, 4) is 0 Å². The molecule has 3 nitrogen and oxygen atoms in total. The minimum Gasteiger partial charge on any atom is -0.399 e. The van der Waals surface area contributed by atoms with Crippen molar-refractivity contribution in [2.45, 2.75) is 38.1 Å². The van der Waals surface area contributed by atoms with Gasteiger partial charge in [0.05, 0.1) is 0 Å². The van der Waals surface area contributed by atoms with Crippen molar-refractivity contribution in [1.29, 1.82) is 0 Å². The van der Waals surface area contributed by atoms with Crippen LogP contribution in [-0.4, -0.2) is 11.9 Å². The predicted octanol–water partition coefficient (Wildman–Crippen LogP) is 4.22. The molecule has 1 amide bonds. The van der Waals surface area contributed by atoms with E-state index in [4.69, 9.17) is 5.73 Å². The van der Waals surface area contributed by atoms with Crippen LogP contribution in [-0.2, 0) is 6.42 Å². The zero-order valence-corrected chi connectivity index (χ0v) is 14.6. The number of benzene rings is 2. The number of nitrogens with two attached hydrogens (primary N) is 1. The Bertz CT molecular complexity index is 660. The molecule has 1 saturated carbocycles. The molecule has 24 heavy (non-hydrogen) atoms. The highest BCUT2D eigenvalue weighted by atomic mass is 35.5. The van der Waals surface area contributed by atoms with Crippen molar-refractivity contribution < 1.29 is 4.79 Å². The summed E-state index contributed by atoms with van der Waals surface area (Å²) in [4.78, 5) is 12.5. The third-order valence-electron chi connectivity index (χ3n) is 4.72. The summed E-state index contributed by atoms with van der Waals surface area (Å²) in [6.45, 7) is 0. The molecule has 2 aromatic carbocycles. The van der Waals surface area contributed by atoms with Gasteiger partial charge >= 0.3 is 0 Å². The van der Waals surface area contributed by atoms with E-state index in [-0.39, 0.29) is 24.4 Å². The molecule has 0 aliphatic heterocycles. The van der Waals surface area contributed by atoms with E-state index in [0.29, 0.717) is 17.2 Å². The average Bonchev–Trinajstić information content (AvgIpc) is 2.57. The van der Waals surface area contributed by atoms with Crippen LogP contribution in [0.15, 0.2) is 54.6 Å². The van der Waals surface area contributed by atoms with Crippen molar-refractivity contribution in [1.82, 2.24) is 5.32 Å². The third-order valence-corrected chi connectivity index (χ3v) is 4.72. The molecule has 3 N–H and O–H groups in total. The quantitative estimate of drug-likeness (QED) is 0.816. The first kappa shape index (κ1) is 18.3. The van der Waals surface area contributed by atoms with Crippen molar-refractivity contribution >= 4 is 24.0 Å². The fourth-order valence-electron chi connectivity index (χ4n) is 3.49. The smallest absolute Gasteiger partial charge is 0.251 e. The molecule has 0 saturated heterocycles. The van der Waals surface area contributed by atoms with Gasteiger partial charge in [-0.2, -0.15) is 0 Å². The second-order valence-electron chi connectivity index (χ2n) is 6.44. The summed E-state index contributed by atoms with van der Waals surface area (Å²) in [5.41, 5.74) is 8.40. The van der Waals surface area contributed by atoms with Crippen LogP contribution in [0.4, 0.5) is 5.69 Å². The van der Waals surface area contributed by atoms with Crippen LogP contribution < -0.4 is 11.1 Å². The van der Waals surface area contributed by atoms with Gasteiger partial charge in [0.15, 0.2) is 0 Å². The molecule has 0 bridgehead atoms. The van der Waals surface area contributed by atoms with Crippen molar-refractivity contribution in [2.75, 3.05) is 5.73 Å². The summed E-state index contributed by atoms with van der Waals surface area (Å²) < 4.78 is 0. The lowest BCUT2D eigenvalue weighted by molar-refractivity contribution is 0.0906. The zero-order valence-electron chi connectivity index (χ0n) is 13.8. The highest BCUT2D eigenvalue weighted by Crippen LogP contribution is 2.28. The van der Waals surface area contributed by atoms with Gasteiger partial charge in [-0.05, 0) is 48.9 Å². The molecule has 1 aliphatic rings. The van der Waals surface area contributed by atoms with E-state index in [2.05, 4.69) is 29.6 Å². The van der Waals surface area contributed by atoms with Crippen LogP contribution in [0, 0.1) is 5.92 Å². The van der Waals surface area contributed by atoms with Gasteiger partial charge in [0.2, 0.25) is 0 Å². The van der Waals surface area contributed by atoms with E-state index in [1.54, 1.807) is 12.1 Å². The van der Waals surface area contributed by atoms with Crippen LogP contribution in [0.5, 0.6) is 0 Å². The molecule has 4 heteroatoms. The molecule has 0 radical (unpaired) electrons. The molecule has 0 spiro atoms. The van der Waals surface area contributed by atoms with Crippen LogP contribution in [0.25, 0.3) is 0 Å². The number of anilines is 1. The second kappa shape index (κ2) is 8.74. The molecule has 0 heterocycles. The third kappa shape index (κ3) is 4.75. The summed E-state index contributed by atoms with van der Waals surface area (Å²) in [7, 11) is 0. The lowest BCUT2D eigenvalue weighted by Gasteiger charge is -2.32. The van der Waals surface area contributed by atoms with E-state index < -0.39 is 0 Å². The number of hydrogen-bond donors (Lipinski definition) is 2. The monoisotopic (exact) mass is 344 g/mol. The highest BCUT2D eigenvalue weighted by molar-refractivity contribution is 5.95. The fourth-order valence-corrected chi connectivity index (χ4v) is 3.49.